The minimum absolute atomic E-state index is 0.125. The Balaban J connectivity index is 2.40. The van der Waals surface area contributed by atoms with E-state index in [2.05, 4.69) is 0 Å². The Morgan fingerprint density at radius 3 is 2.00 bits per heavy atom. The fraction of sp³-hybridized carbons (Fsp3) is 0.654. The van der Waals surface area contributed by atoms with Gasteiger partial charge in [-0.25, -0.2) is 18.0 Å². The number of carbonyl (C=O) groups excluding carboxylic acids is 2. The number of ether oxygens (including phenoxy) is 3. The van der Waals surface area contributed by atoms with E-state index in [1.165, 1.54) is 13.8 Å². The number of benzene rings is 1. The molecule has 0 aromatic heterocycles. The zero-order chi connectivity index (χ0) is 28.4. The second kappa shape index (κ2) is 8.61. The van der Waals surface area contributed by atoms with Crippen LogP contribution in [0, 0.1) is 0 Å². The lowest BCUT2D eigenvalue weighted by atomic mass is 9.78. The minimum Gasteiger partial charge on any atom is -0.493 e. The number of fused-ring (bicyclic) bond motifs is 3. The Labute approximate surface area is 219 Å². The monoisotopic (exact) mass is 537 g/mol. The highest BCUT2D eigenvalue weighted by molar-refractivity contribution is 7.95. The van der Waals surface area contributed by atoms with Crippen molar-refractivity contribution in [2.75, 3.05) is 12.3 Å². The third-order valence-electron chi connectivity index (χ3n) is 6.89. The van der Waals surface area contributed by atoms with E-state index in [1.54, 1.807) is 73.6 Å². The number of amides is 2. The largest absolute Gasteiger partial charge is 0.493 e. The van der Waals surface area contributed by atoms with Crippen LogP contribution >= 0.6 is 0 Å². The standard InChI is InChI=1S/C26H39N3O7S/c1-22(2,3)35-20(30)29(21(31)36-23(4,5)6)19-24(7,8)37(32,33)25(9)13-14-34-18-12-11-16(27)15-17(18)26(25,10)28-19/h11-12,15H,13-14,27H2,1-10H3/t25?,26-/m1/s1. The van der Waals surface area contributed by atoms with Crippen molar-refractivity contribution in [1.82, 2.24) is 4.90 Å². The molecule has 0 radical (unpaired) electrons. The number of amidine groups is 1. The van der Waals surface area contributed by atoms with Crippen LogP contribution in [0.25, 0.3) is 0 Å². The molecule has 0 saturated heterocycles. The van der Waals surface area contributed by atoms with Crippen molar-refractivity contribution >= 4 is 33.5 Å². The van der Waals surface area contributed by atoms with Crippen LogP contribution in [0.5, 0.6) is 5.75 Å². The Morgan fingerprint density at radius 1 is 1.00 bits per heavy atom. The highest BCUT2D eigenvalue weighted by atomic mass is 32.2. The van der Waals surface area contributed by atoms with Crippen LogP contribution in [0.15, 0.2) is 23.2 Å². The molecule has 1 aromatic carbocycles. The summed E-state index contributed by atoms with van der Waals surface area (Å²) >= 11 is 0. The van der Waals surface area contributed by atoms with E-state index >= 15 is 0 Å². The lowest BCUT2D eigenvalue weighted by molar-refractivity contribution is 0.0137. The van der Waals surface area contributed by atoms with Crippen LogP contribution in [0.1, 0.15) is 81.2 Å². The lowest BCUT2D eigenvalue weighted by Crippen LogP contribution is -2.68. The summed E-state index contributed by atoms with van der Waals surface area (Å²) in [4.78, 5) is 32.5. The molecule has 0 aliphatic carbocycles. The SMILES string of the molecule is CC(C)(C)OC(=O)N(C(=O)OC(C)(C)C)C1=N[C@]2(C)c3cc(N)ccc3OCCC2(C)S(=O)(=O)C1(C)C. The van der Waals surface area contributed by atoms with Gasteiger partial charge in [0.2, 0.25) is 0 Å². The van der Waals surface area contributed by atoms with E-state index in [-0.39, 0.29) is 18.9 Å². The van der Waals surface area contributed by atoms with Crippen molar-refractivity contribution in [3.8, 4) is 5.75 Å². The number of aliphatic imine (C=N–C) groups is 1. The van der Waals surface area contributed by atoms with Crippen LogP contribution < -0.4 is 10.5 Å². The maximum atomic E-state index is 14.5. The quantitative estimate of drug-likeness (QED) is 0.466. The van der Waals surface area contributed by atoms with Crippen molar-refractivity contribution in [1.29, 1.82) is 0 Å². The van der Waals surface area contributed by atoms with Crippen LogP contribution in [0.3, 0.4) is 0 Å². The Hall–Kier alpha value is -2.82. The number of nitrogens with zero attached hydrogens (tertiary/aromatic N) is 2. The summed E-state index contributed by atoms with van der Waals surface area (Å²) in [6.45, 7) is 16.1. The molecule has 0 spiro atoms. The molecule has 11 heteroatoms. The summed E-state index contributed by atoms with van der Waals surface area (Å²) in [5.74, 6) is 0.130. The third kappa shape index (κ3) is 4.66. The number of sulfone groups is 1. The van der Waals surface area contributed by atoms with E-state index < -0.39 is 48.3 Å². The van der Waals surface area contributed by atoms with Gasteiger partial charge >= 0.3 is 12.2 Å². The number of carbonyl (C=O) groups is 2. The van der Waals surface area contributed by atoms with Gasteiger partial charge in [0.05, 0.1) is 6.61 Å². The molecule has 2 aliphatic rings. The van der Waals surface area contributed by atoms with Gasteiger partial charge < -0.3 is 19.9 Å². The zero-order valence-corrected chi connectivity index (χ0v) is 24.2. The van der Waals surface area contributed by atoms with Gasteiger partial charge in [-0.3, -0.25) is 4.99 Å². The predicted molar refractivity (Wildman–Crippen MR) is 141 cm³/mol. The number of hydrogen-bond donors (Lipinski definition) is 1. The maximum Gasteiger partial charge on any atom is 0.425 e. The lowest BCUT2D eigenvalue weighted by Gasteiger charge is -2.51. The number of anilines is 1. The molecule has 0 fully saturated rings. The van der Waals surface area contributed by atoms with Gasteiger partial charge in [0.1, 0.15) is 37.8 Å². The molecule has 2 amide bonds. The molecule has 2 N–H and O–H groups in total. The number of hydrogen-bond acceptors (Lipinski definition) is 9. The molecule has 1 aromatic rings. The average Bonchev–Trinajstić information content (AvgIpc) is 2.80. The molecule has 37 heavy (non-hydrogen) atoms. The van der Waals surface area contributed by atoms with Crippen LogP contribution in [-0.4, -0.2) is 58.6 Å². The highest BCUT2D eigenvalue weighted by Gasteiger charge is 2.67. The highest BCUT2D eigenvalue weighted by Crippen LogP contribution is 2.55. The molecule has 2 aliphatic heterocycles. The first-order chi connectivity index (χ1) is 16.6. The first kappa shape index (κ1) is 28.7. The van der Waals surface area contributed by atoms with Gasteiger partial charge in [0.25, 0.3) is 0 Å². The molecule has 0 bridgehead atoms. The van der Waals surface area contributed by atoms with Crippen LogP contribution in [0.2, 0.25) is 0 Å². The molecule has 206 valence electrons. The Morgan fingerprint density at radius 2 is 1.51 bits per heavy atom. The van der Waals surface area contributed by atoms with E-state index in [1.807, 2.05) is 0 Å². The van der Waals surface area contributed by atoms with Crippen molar-refractivity contribution in [2.45, 2.75) is 102 Å². The maximum absolute atomic E-state index is 14.5. The van der Waals surface area contributed by atoms with Gasteiger partial charge in [-0.05, 0) is 87.4 Å². The summed E-state index contributed by atoms with van der Waals surface area (Å²) in [5.41, 5.74) is 3.49. The Bertz CT molecular complexity index is 1230. The van der Waals surface area contributed by atoms with Crippen LogP contribution in [0.4, 0.5) is 15.3 Å². The summed E-state index contributed by atoms with van der Waals surface area (Å²) in [5, 5.41) is 0. The first-order valence-corrected chi connectivity index (χ1v) is 13.7. The van der Waals surface area contributed by atoms with Crippen molar-refractivity contribution in [2.24, 2.45) is 4.99 Å². The number of nitrogens with two attached hydrogens (primary N) is 1. The zero-order valence-electron chi connectivity index (χ0n) is 23.4. The fourth-order valence-corrected chi connectivity index (χ4v) is 7.26. The second-order valence-corrected chi connectivity index (χ2v) is 15.3. The smallest absolute Gasteiger partial charge is 0.425 e. The van der Waals surface area contributed by atoms with Gasteiger partial charge in [-0.1, -0.05) is 0 Å². The number of rotatable bonds is 0. The first-order valence-electron chi connectivity index (χ1n) is 12.2. The molecule has 2 heterocycles. The summed E-state index contributed by atoms with van der Waals surface area (Å²) in [6, 6.07) is 4.95. The second-order valence-electron chi connectivity index (χ2n) is 12.4. The van der Waals surface area contributed by atoms with Crippen molar-refractivity contribution < 1.29 is 32.2 Å². The van der Waals surface area contributed by atoms with Gasteiger partial charge in [0.15, 0.2) is 9.84 Å². The average molecular weight is 538 g/mol. The topological polar surface area (TPSA) is 138 Å². The van der Waals surface area contributed by atoms with Crippen molar-refractivity contribution in [3.63, 3.8) is 0 Å². The third-order valence-corrected chi connectivity index (χ3v) is 10.2. The summed E-state index contributed by atoms with van der Waals surface area (Å²) in [7, 11) is -4.16. The molecular weight excluding hydrogens is 498 g/mol. The van der Waals surface area contributed by atoms with Crippen molar-refractivity contribution in [3.05, 3.63) is 23.8 Å². The molecule has 0 saturated carbocycles. The molecular formula is C26H39N3O7S. The minimum atomic E-state index is -4.16. The van der Waals surface area contributed by atoms with Gasteiger partial charge in [-0.15, -0.1) is 0 Å². The van der Waals surface area contributed by atoms with Gasteiger partial charge in [-0.2, -0.15) is 4.90 Å². The molecule has 10 nitrogen and oxygen atoms in total. The summed E-state index contributed by atoms with van der Waals surface area (Å²) < 4.78 is 42.7. The van der Waals surface area contributed by atoms with E-state index in [4.69, 9.17) is 24.9 Å². The number of imide groups is 1. The molecule has 3 rings (SSSR count). The summed E-state index contributed by atoms with van der Waals surface area (Å²) in [6.07, 6.45) is -2.05. The Kier molecular flexibility index (Phi) is 6.69. The van der Waals surface area contributed by atoms with Crippen LogP contribution in [-0.2, 0) is 24.8 Å². The van der Waals surface area contributed by atoms with E-state index in [0.29, 0.717) is 21.9 Å². The fourth-order valence-electron chi connectivity index (χ4n) is 4.72. The predicted octanol–water partition coefficient (Wildman–Crippen LogP) is 4.80. The van der Waals surface area contributed by atoms with E-state index in [0.717, 1.165) is 0 Å². The molecule has 2 atom stereocenters. The normalized spacial score (nSPS) is 26.4. The number of nitrogen functional groups attached to an aromatic ring is 1. The molecule has 1 unspecified atom stereocenters. The van der Waals surface area contributed by atoms with Gasteiger partial charge in [0, 0.05) is 17.7 Å². The van der Waals surface area contributed by atoms with E-state index in [9.17, 15) is 18.0 Å².